The van der Waals surface area contributed by atoms with Crippen LogP contribution in [-0.4, -0.2) is 11.2 Å². The highest BCUT2D eigenvalue weighted by molar-refractivity contribution is 6.24. The monoisotopic (exact) mass is 586 g/mol. The van der Waals surface area contributed by atoms with Gasteiger partial charge >= 0.3 is 0 Å². The molecule has 2 heterocycles. The first-order chi connectivity index (χ1) is 22.8. The van der Waals surface area contributed by atoms with Gasteiger partial charge in [-0.2, -0.15) is 0 Å². The van der Waals surface area contributed by atoms with Crippen LogP contribution in [-0.2, 0) is 0 Å². The zero-order chi connectivity index (χ0) is 30.5. The predicted octanol–water partition coefficient (Wildman–Crippen LogP) is 11.9. The van der Waals surface area contributed by atoms with Crippen LogP contribution in [0.1, 0.15) is 18.4 Å². The van der Waals surface area contributed by atoms with Crippen LogP contribution < -0.4 is 0 Å². The van der Waals surface area contributed by atoms with E-state index in [1.807, 2.05) is 18.6 Å². The van der Waals surface area contributed by atoms with E-state index in [-0.39, 0.29) is 0 Å². The zero-order valence-electron chi connectivity index (χ0n) is 25.3. The van der Waals surface area contributed by atoms with Gasteiger partial charge in [-0.15, -0.1) is 0 Å². The number of aromatic nitrogens is 1. The van der Waals surface area contributed by atoms with Crippen LogP contribution in [0.4, 0.5) is 0 Å². The molecular formula is C44H30N2. The fourth-order valence-electron chi connectivity index (χ4n) is 7.35. The molecule has 2 nitrogen and oxygen atoms in total. The minimum Gasteiger partial charge on any atom is -0.264 e. The molecule has 1 aliphatic rings. The van der Waals surface area contributed by atoms with Crippen molar-refractivity contribution in [3.05, 3.63) is 157 Å². The van der Waals surface area contributed by atoms with Gasteiger partial charge in [0.15, 0.2) is 0 Å². The second kappa shape index (κ2) is 10.9. The van der Waals surface area contributed by atoms with E-state index in [0.717, 1.165) is 29.7 Å². The van der Waals surface area contributed by atoms with E-state index in [4.69, 9.17) is 4.99 Å². The molecule has 8 aromatic rings. The first kappa shape index (κ1) is 26.5. The van der Waals surface area contributed by atoms with Gasteiger partial charge in [0.25, 0.3) is 0 Å². The van der Waals surface area contributed by atoms with E-state index in [9.17, 15) is 0 Å². The van der Waals surface area contributed by atoms with Crippen molar-refractivity contribution in [2.75, 3.05) is 0 Å². The number of allylic oxidation sites excluding steroid dienone is 1. The number of hydrogen-bond donors (Lipinski definition) is 0. The minimum absolute atomic E-state index is 0.989. The number of rotatable bonds is 4. The Kier molecular flexibility index (Phi) is 6.31. The molecule has 1 aliphatic heterocycles. The lowest BCUT2D eigenvalue weighted by Crippen LogP contribution is -1.95. The first-order valence-electron chi connectivity index (χ1n) is 16.0. The molecule has 0 aliphatic carbocycles. The smallest absolute Gasteiger partial charge is 0.0665 e. The molecule has 0 amide bonds. The third kappa shape index (κ3) is 4.26. The van der Waals surface area contributed by atoms with Gasteiger partial charge in [-0.25, -0.2) is 0 Å². The molecule has 0 saturated carbocycles. The van der Waals surface area contributed by atoms with Crippen LogP contribution in [0.3, 0.4) is 0 Å². The normalized spacial score (nSPS) is 13.1. The number of nitrogens with zero attached hydrogens (tertiary/aromatic N) is 2. The third-order valence-electron chi connectivity index (χ3n) is 9.41. The van der Waals surface area contributed by atoms with E-state index in [1.165, 1.54) is 70.9 Å². The van der Waals surface area contributed by atoms with Crippen molar-refractivity contribution in [3.63, 3.8) is 0 Å². The Morgan fingerprint density at radius 1 is 0.435 bits per heavy atom. The molecule has 1 aromatic heterocycles. The molecule has 0 N–H and O–H groups in total. The molecule has 46 heavy (non-hydrogen) atoms. The van der Waals surface area contributed by atoms with Crippen LogP contribution in [0.2, 0.25) is 0 Å². The first-order valence-corrected chi connectivity index (χ1v) is 16.0. The summed E-state index contributed by atoms with van der Waals surface area (Å²) in [5, 5.41) is 9.98. The summed E-state index contributed by atoms with van der Waals surface area (Å²) < 4.78 is 0. The summed E-state index contributed by atoms with van der Waals surface area (Å²) in [4.78, 5) is 9.32. The molecule has 0 fully saturated rings. The maximum atomic E-state index is 4.76. The Balaban J connectivity index is 1.33. The second-order valence-electron chi connectivity index (χ2n) is 12.0. The van der Waals surface area contributed by atoms with E-state index in [0.29, 0.717) is 0 Å². The number of aliphatic imine (C=N–C) groups is 1. The van der Waals surface area contributed by atoms with Gasteiger partial charge in [-0.05, 0) is 95.9 Å². The zero-order valence-corrected chi connectivity index (χ0v) is 25.3. The standard InChI is InChI=1S/C44H30N2/c1-2-12-30-27-31(21-20-29(30)11-1)43-36-15-5-7-17-38(36)44(39-18-8-6-16-37(39)43)40-23-22-34(32-13-3-4-14-33(32)40)41-28-45-26-24-35(41)42-19-9-10-25-46-42/h1-8,11-28H,9-10H2. The molecule has 0 unspecified atom stereocenters. The third-order valence-corrected chi connectivity index (χ3v) is 9.41. The van der Waals surface area contributed by atoms with Crippen LogP contribution in [0.25, 0.3) is 82.2 Å². The fourth-order valence-corrected chi connectivity index (χ4v) is 7.35. The Morgan fingerprint density at radius 2 is 1.04 bits per heavy atom. The highest BCUT2D eigenvalue weighted by Gasteiger charge is 2.20. The van der Waals surface area contributed by atoms with Gasteiger partial charge in [0.2, 0.25) is 0 Å². The molecule has 0 bridgehead atoms. The summed E-state index contributed by atoms with van der Waals surface area (Å²) >= 11 is 0. The summed E-state index contributed by atoms with van der Waals surface area (Å²) in [7, 11) is 0. The van der Waals surface area contributed by atoms with E-state index >= 15 is 0 Å². The molecule has 216 valence electrons. The Labute approximate surface area is 268 Å². The number of hydrogen-bond acceptors (Lipinski definition) is 2. The second-order valence-corrected chi connectivity index (χ2v) is 12.0. The van der Waals surface area contributed by atoms with Crippen LogP contribution in [0.15, 0.2) is 157 Å². The molecule has 0 atom stereocenters. The summed E-state index contributed by atoms with van der Waals surface area (Å²) in [5.74, 6) is 0. The van der Waals surface area contributed by atoms with Crippen molar-refractivity contribution < 1.29 is 0 Å². The van der Waals surface area contributed by atoms with E-state index in [2.05, 4.69) is 145 Å². The van der Waals surface area contributed by atoms with E-state index in [1.54, 1.807) is 0 Å². The molecule has 2 heteroatoms. The van der Waals surface area contributed by atoms with E-state index < -0.39 is 0 Å². The van der Waals surface area contributed by atoms with Crippen LogP contribution in [0.5, 0.6) is 0 Å². The SMILES string of the molecule is C1=NC(c2ccncc2-c2ccc(-c3c4ccccc4c(-c4ccc5ccccc5c4)c4ccccc34)c3ccccc23)=CCC1. The van der Waals surface area contributed by atoms with Gasteiger partial charge in [0.1, 0.15) is 0 Å². The predicted molar refractivity (Wildman–Crippen MR) is 196 cm³/mol. The van der Waals surface area contributed by atoms with Crippen molar-refractivity contribution in [1.82, 2.24) is 4.98 Å². The molecular weight excluding hydrogens is 556 g/mol. The Bertz CT molecular complexity index is 2480. The van der Waals surface area contributed by atoms with Gasteiger partial charge in [0, 0.05) is 29.7 Å². The Hall–Kier alpha value is -5.86. The maximum absolute atomic E-state index is 4.76. The van der Waals surface area contributed by atoms with Gasteiger partial charge < -0.3 is 0 Å². The summed E-state index contributed by atoms with van der Waals surface area (Å²) in [5.41, 5.74) is 9.45. The summed E-state index contributed by atoms with van der Waals surface area (Å²) in [6.07, 6.45) is 10.1. The topological polar surface area (TPSA) is 25.2 Å². The lowest BCUT2D eigenvalue weighted by atomic mass is 9.83. The van der Waals surface area contributed by atoms with Gasteiger partial charge in [-0.1, -0.05) is 127 Å². The highest BCUT2D eigenvalue weighted by atomic mass is 14.7. The van der Waals surface area contributed by atoms with Crippen molar-refractivity contribution >= 4 is 55.0 Å². The quantitative estimate of drug-likeness (QED) is 0.188. The number of fused-ring (bicyclic) bond motifs is 4. The van der Waals surface area contributed by atoms with Gasteiger partial charge in [0.05, 0.1) is 5.70 Å². The number of pyridine rings is 1. The highest BCUT2D eigenvalue weighted by Crippen LogP contribution is 2.47. The van der Waals surface area contributed by atoms with Crippen molar-refractivity contribution in [2.24, 2.45) is 4.99 Å². The lowest BCUT2D eigenvalue weighted by molar-refractivity contribution is 1.09. The largest absolute Gasteiger partial charge is 0.264 e. The fraction of sp³-hybridized carbons (Fsp3) is 0.0455. The van der Waals surface area contributed by atoms with Crippen molar-refractivity contribution in [1.29, 1.82) is 0 Å². The van der Waals surface area contributed by atoms with Crippen LogP contribution >= 0.6 is 0 Å². The summed E-state index contributed by atoms with van der Waals surface area (Å²) in [6.45, 7) is 0. The number of benzene rings is 7. The van der Waals surface area contributed by atoms with Crippen molar-refractivity contribution in [2.45, 2.75) is 12.8 Å². The van der Waals surface area contributed by atoms with Crippen molar-refractivity contribution in [3.8, 4) is 33.4 Å². The average molecular weight is 587 g/mol. The van der Waals surface area contributed by atoms with Gasteiger partial charge in [-0.3, -0.25) is 9.98 Å². The Morgan fingerprint density at radius 3 is 1.74 bits per heavy atom. The lowest BCUT2D eigenvalue weighted by Gasteiger charge is -2.20. The van der Waals surface area contributed by atoms with Crippen LogP contribution in [0, 0.1) is 0 Å². The average Bonchev–Trinajstić information content (AvgIpc) is 3.14. The summed E-state index contributed by atoms with van der Waals surface area (Å²) in [6, 6.07) is 48.8. The maximum Gasteiger partial charge on any atom is 0.0665 e. The molecule has 9 rings (SSSR count). The minimum atomic E-state index is 0.989. The molecule has 7 aromatic carbocycles. The molecule has 0 spiro atoms. The molecule has 0 radical (unpaired) electrons. The molecule has 0 saturated heterocycles.